The summed E-state index contributed by atoms with van der Waals surface area (Å²) in [6.07, 6.45) is 0. The van der Waals surface area contributed by atoms with Crippen molar-refractivity contribution in [1.82, 2.24) is 5.23 Å². The van der Waals surface area contributed by atoms with E-state index in [0.717, 1.165) is 10.8 Å². The summed E-state index contributed by atoms with van der Waals surface area (Å²) in [5.74, 6) is 0. The molecule has 11 heavy (non-hydrogen) atoms. The molecule has 1 aromatic carbocycles. The van der Waals surface area contributed by atoms with Crippen molar-refractivity contribution in [3.05, 3.63) is 35.9 Å². The first-order valence-electron chi connectivity index (χ1n) is 3.37. The number of benzene rings is 1. The molecule has 0 amide bonds. The van der Waals surface area contributed by atoms with Crippen LogP contribution in [0.5, 0.6) is 0 Å². The minimum absolute atomic E-state index is 0.386. The third-order valence-electron chi connectivity index (χ3n) is 1.37. The molecule has 1 aromatic rings. The summed E-state index contributed by atoms with van der Waals surface area (Å²) in [7, 11) is 1.42. The van der Waals surface area contributed by atoms with Gasteiger partial charge in [0.25, 0.3) is 0 Å². The molecule has 0 aliphatic carbocycles. The largest absolute Gasteiger partial charge is 0.289 e. The fourth-order valence-electron chi connectivity index (χ4n) is 0.804. The van der Waals surface area contributed by atoms with E-state index in [1.807, 2.05) is 30.3 Å². The highest BCUT2D eigenvalue weighted by molar-refractivity contribution is 5.13. The molecule has 1 N–H and O–H groups in total. The average Bonchev–Trinajstić information content (AvgIpc) is 2.06. The molecule has 0 bridgehead atoms. The summed E-state index contributed by atoms with van der Waals surface area (Å²) in [5, 5.41) is 9.71. The van der Waals surface area contributed by atoms with Crippen molar-refractivity contribution in [3.8, 4) is 0 Å². The van der Waals surface area contributed by atoms with Crippen molar-refractivity contribution < 1.29 is 10.0 Å². The third kappa shape index (κ3) is 2.67. The van der Waals surface area contributed by atoms with E-state index in [9.17, 15) is 0 Å². The first kappa shape index (κ1) is 8.20. The molecular weight excluding hydrogens is 142 g/mol. The summed E-state index contributed by atoms with van der Waals surface area (Å²) in [6.45, 7) is 0.386. The van der Waals surface area contributed by atoms with Gasteiger partial charge in [-0.05, 0) is 5.56 Å². The maximum atomic E-state index is 8.92. The normalized spacial score (nSPS) is 10.5. The van der Waals surface area contributed by atoms with Crippen LogP contribution in [0.2, 0.25) is 0 Å². The van der Waals surface area contributed by atoms with E-state index in [1.165, 1.54) is 7.11 Å². The Morgan fingerprint density at radius 2 is 2.00 bits per heavy atom. The maximum absolute atomic E-state index is 8.92. The molecule has 60 valence electrons. The van der Waals surface area contributed by atoms with Crippen molar-refractivity contribution >= 4 is 0 Å². The van der Waals surface area contributed by atoms with Gasteiger partial charge in [-0.1, -0.05) is 35.6 Å². The van der Waals surface area contributed by atoms with Gasteiger partial charge in [0.05, 0.1) is 13.7 Å². The molecule has 0 fully saturated rings. The Hall–Kier alpha value is -0.900. The fourth-order valence-corrected chi connectivity index (χ4v) is 0.804. The van der Waals surface area contributed by atoms with Crippen LogP contribution < -0.4 is 0 Å². The summed E-state index contributed by atoms with van der Waals surface area (Å²) >= 11 is 0. The zero-order valence-corrected chi connectivity index (χ0v) is 6.40. The zero-order valence-electron chi connectivity index (χ0n) is 6.40. The van der Waals surface area contributed by atoms with Crippen LogP contribution >= 0.6 is 0 Å². The van der Waals surface area contributed by atoms with E-state index in [-0.39, 0.29) is 0 Å². The minimum Gasteiger partial charge on any atom is -0.289 e. The van der Waals surface area contributed by atoms with Crippen LogP contribution in [0.25, 0.3) is 0 Å². The fraction of sp³-hybridized carbons (Fsp3) is 0.250. The predicted octanol–water partition coefficient (Wildman–Crippen LogP) is 1.44. The van der Waals surface area contributed by atoms with E-state index in [4.69, 9.17) is 5.21 Å². The second-order valence-corrected chi connectivity index (χ2v) is 2.18. The second kappa shape index (κ2) is 4.08. The van der Waals surface area contributed by atoms with Gasteiger partial charge in [0.1, 0.15) is 0 Å². The van der Waals surface area contributed by atoms with Crippen molar-refractivity contribution in [1.29, 1.82) is 0 Å². The van der Waals surface area contributed by atoms with Gasteiger partial charge in [0, 0.05) is 0 Å². The van der Waals surface area contributed by atoms with Crippen molar-refractivity contribution in [3.63, 3.8) is 0 Å². The lowest BCUT2D eigenvalue weighted by Crippen LogP contribution is -2.16. The molecule has 0 saturated heterocycles. The van der Waals surface area contributed by atoms with Crippen molar-refractivity contribution in [2.75, 3.05) is 7.11 Å². The third-order valence-corrected chi connectivity index (χ3v) is 1.37. The molecule has 0 atom stereocenters. The molecule has 1 rings (SSSR count). The molecule has 0 spiro atoms. The Bertz CT molecular complexity index is 201. The van der Waals surface area contributed by atoms with Gasteiger partial charge < -0.3 is 0 Å². The van der Waals surface area contributed by atoms with Gasteiger partial charge in [-0.3, -0.25) is 10.0 Å². The second-order valence-electron chi connectivity index (χ2n) is 2.18. The number of hydroxylamine groups is 2. The lowest BCUT2D eigenvalue weighted by Gasteiger charge is -2.10. The highest BCUT2D eigenvalue weighted by Gasteiger charge is 1.97. The van der Waals surface area contributed by atoms with E-state index in [1.54, 1.807) is 0 Å². The number of hydrogen-bond acceptors (Lipinski definition) is 3. The average molecular weight is 153 g/mol. The van der Waals surface area contributed by atoms with Crippen LogP contribution in [0, 0.1) is 0 Å². The number of hydrogen-bond donors (Lipinski definition) is 1. The highest BCUT2D eigenvalue weighted by Crippen LogP contribution is 2.01. The Labute approximate surface area is 65.7 Å². The molecule has 0 saturated carbocycles. The van der Waals surface area contributed by atoms with Crippen molar-refractivity contribution in [2.45, 2.75) is 6.54 Å². The molecule has 0 aromatic heterocycles. The van der Waals surface area contributed by atoms with Crippen LogP contribution in [-0.4, -0.2) is 17.5 Å². The smallest absolute Gasteiger partial charge is 0.0765 e. The molecule has 0 unspecified atom stereocenters. The molecule has 3 heteroatoms. The monoisotopic (exact) mass is 153 g/mol. The Morgan fingerprint density at radius 3 is 2.55 bits per heavy atom. The topological polar surface area (TPSA) is 32.7 Å². The lowest BCUT2D eigenvalue weighted by molar-refractivity contribution is -0.333. The Balaban J connectivity index is 2.51. The first-order chi connectivity index (χ1) is 5.33. The van der Waals surface area contributed by atoms with Crippen LogP contribution in [-0.2, 0) is 11.4 Å². The number of rotatable bonds is 3. The van der Waals surface area contributed by atoms with E-state index in [0.29, 0.717) is 6.54 Å². The molecule has 3 nitrogen and oxygen atoms in total. The van der Waals surface area contributed by atoms with Gasteiger partial charge >= 0.3 is 0 Å². The summed E-state index contributed by atoms with van der Waals surface area (Å²) < 4.78 is 0. The lowest BCUT2D eigenvalue weighted by atomic mass is 10.2. The quantitative estimate of drug-likeness (QED) is 0.667. The Morgan fingerprint density at radius 1 is 1.36 bits per heavy atom. The SMILES string of the molecule is CON(O)Cc1ccccc1. The van der Waals surface area contributed by atoms with Gasteiger partial charge in [-0.2, -0.15) is 0 Å². The molecule has 0 aliphatic heterocycles. The first-order valence-corrected chi connectivity index (χ1v) is 3.37. The van der Waals surface area contributed by atoms with Crippen LogP contribution in [0.3, 0.4) is 0 Å². The van der Waals surface area contributed by atoms with Gasteiger partial charge in [0.2, 0.25) is 0 Å². The molecule has 0 aliphatic rings. The van der Waals surface area contributed by atoms with Crippen molar-refractivity contribution in [2.24, 2.45) is 0 Å². The molecule has 0 radical (unpaired) electrons. The zero-order chi connectivity index (χ0) is 8.10. The highest BCUT2D eigenvalue weighted by atomic mass is 16.9. The summed E-state index contributed by atoms with van der Waals surface area (Å²) in [4.78, 5) is 4.54. The van der Waals surface area contributed by atoms with E-state index < -0.39 is 0 Å². The van der Waals surface area contributed by atoms with E-state index in [2.05, 4.69) is 4.84 Å². The van der Waals surface area contributed by atoms with Crippen LogP contribution in [0.15, 0.2) is 30.3 Å². The predicted molar refractivity (Wildman–Crippen MR) is 40.8 cm³/mol. The van der Waals surface area contributed by atoms with Crippen LogP contribution in [0.4, 0.5) is 0 Å². The van der Waals surface area contributed by atoms with Crippen LogP contribution in [0.1, 0.15) is 5.56 Å². The standard InChI is InChI=1S/C8H11NO2/c1-11-9(10)7-8-5-3-2-4-6-8/h2-6,10H,7H2,1H3. The number of nitrogens with zero attached hydrogens (tertiary/aromatic N) is 1. The molecular formula is C8H11NO2. The maximum Gasteiger partial charge on any atom is 0.0765 e. The minimum atomic E-state index is 0.386. The summed E-state index contributed by atoms with van der Waals surface area (Å²) in [6, 6.07) is 9.60. The van der Waals surface area contributed by atoms with E-state index >= 15 is 0 Å². The Kier molecular flexibility index (Phi) is 3.04. The van der Waals surface area contributed by atoms with Gasteiger partial charge in [-0.15, -0.1) is 0 Å². The van der Waals surface area contributed by atoms with Gasteiger partial charge in [-0.25, -0.2) is 0 Å². The van der Waals surface area contributed by atoms with Gasteiger partial charge in [0.15, 0.2) is 0 Å². The summed E-state index contributed by atoms with van der Waals surface area (Å²) in [5.41, 5.74) is 1.01. The molecule has 0 heterocycles.